The van der Waals surface area contributed by atoms with Crippen LogP contribution in [0.4, 0.5) is 4.39 Å². The van der Waals surface area contributed by atoms with Gasteiger partial charge in [-0.05, 0) is 55.4 Å². The van der Waals surface area contributed by atoms with Crippen LogP contribution < -0.4 is 5.73 Å². The highest BCUT2D eigenvalue weighted by atomic mass is 19.1. The van der Waals surface area contributed by atoms with E-state index in [0.717, 1.165) is 25.7 Å². The van der Waals surface area contributed by atoms with Crippen molar-refractivity contribution in [3.63, 3.8) is 0 Å². The molecule has 0 aliphatic heterocycles. The maximum atomic E-state index is 13.2. The third kappa shape index (κ3) is 1.48. The molecule has 0 bridgehead atoms. The zero-order chi connectivity index (χ0) is 10.5. The first-order chi connectivity index (χ1) is 7.19. The molecule has 2 aliphatic rings. The summed E-state index contributed by atoms with van der Waals surface area (Å²) in [5.41, 5.74) is 8.74. The summed E-state index contributed by atoms with van der Waals surface area (Å²) < 4.78 is 13.2. The zero-order valence-electron chi connectivity index (χ0n) is 8.80. The second-order valence-corrected chi connectivity index (χ2v) is 5.02. The second kappa shape index (κ2) is 3.05. The van der Waals surface area contributed by atoms with Crippen molar-refractivity contribution < 1.29 is 4.39 Å². The minimum absolute atomic E-state index is 0.0109. The molecule has 0 heterocycles. The average molecular weight is 205 g/mol. The highest BCUT2D eigenvalue weighted by molar-refractivity contribution is 5.37. The van der Waals surface area contributed by atoms with Gasteiger partial charge in [0.2, 0.25) is 0 Å². The Balaban J connectivity index is 2.05. The van der Waals surface area contributed by atoms with Crippen molar-refractivity contribution >= 4 is 0 Å². The molecule has 1 atom stereocenters. The zero-order valence-corrected chi connectivity index (χ0v) is 8.80. The first-order valence-electron chi connectivity index (χ1n) is 5.76. The third-order valence-corrected chi connectivity index (χ3v) is 3.94. The molecule has 1 aromatic rings. The third-order valence-electron chi connectivity index (χ3n) is 3.94. The van der Waals surface area contributed by atoms with Crippen molar-refractivity contribution in [3.05, 3.63) is 35.1 Å². The van der Waals surface area contributed by atoms with Gasteiger partial charge in [0.25, 0.3) is 0 Å². The molecular weight excluding hydrogens is 189 g/mol. The minimum Gasteiger partial charge on any atom is -0.325 e. The molecular formula is C13H16FN. The van der Waals surface area contributed by atoms with Crippen molar-refractivity contribution in [2.75, 3.05) is 0 Å². The Hall–Kier alpha value is -0.890. The van der Waals surface area contributed by atoms with Crippen LogP contribution in [0.1, 0.15) is 42.7 Å². The molecule has 3 rings (SSSR count). The molecule has 2 N–H and O–H groups in total. The molecule has 1 saturated carbocycles. The van der Waals surface area contributed by atoms with Gasteiger partial charge in [0.15, 0.2) is 0 Å². The lowest BCUT2D eigenvalue weighted by atomic mass is 9.77. The summed E-state index contributed by atoms with van der Waals surface area (Å²) >= 11 is 0. The van der Waals surface area contributed by atoms with Crippen LogP contribution in [0.2, 0.25) is 0 Å². The van der Waals surface area contributed by atoms with Gasteiger partial charge in [0.1, 0.15) is 5.82 Å². The molecule has 0 aromatic heterocycles. The predicted molar refractivity (Wildman–Crippen MR) is 58.2 cm³/mol. The van der Waals surface area contributed by atoms with Crippen LogP contribution in [0.3, 0.4) is 0 Å². The minimum atomic E-state index is -0.120. The van der Waals surface area contributed by atoms with Crippen molar-refractivity contribution in [1.29, 1.82) is 0 Å². The Morgan fingerprint density at radius 3 is 2.87 bits per heavy atom. The smallest absolute Gasteiger partial charge is 0.123 e. The van der Waals surface area contributed by atoms with Crippen LogP contribution in [0.15, 0.2) is 18.2 Å². The summed E-state index contributed by atoms with van der Waals surface area (Å²) in [6, 6.07) is 5.20. The van der Waals surface area contributed by atoms with Gasteiger partial charge in [-0.15, -0.1) is 0 Å². The maximum absolute atomic E-state index is 13.2. The number of hydrogen-bond acceptors (Lipinski definition) is 1. The molecule has 0 saturated heterocycles. The number of halogens is 1. The number of hydrogen-bond donors (Lipinski definition) is 1. The van der Waals surface area contributed by atoms with Crippen molar-refractivity contribution in [2.45, 2.75) is 43.6 Å². The van der Waals surface area contributed by atoms with Gasteiger partial charge in [-0.25, -0.2) is 4.39 Å². The molecule has 0 radical (unpaired) electrons. The molecule has 1 nitrogen and oxygen atoms in total. The van der Waals surface area contributed by atoms with E-state index < -0.39 is 0 Å². The van der Waals surface area contributed by atoms with Gasteiger partial charge in [-0.3, -0.25) is 0 Å². The highest BCUT2D eigenvalue weighted by Crippen LogP contribution is 2.50. The lowest BCUT2D eigenvalue weighted by molar-refractivity contribution is 0.446. The largest absolute Gasteiger partial charge is 0.325 e. The van der Waals surface area contributed by atoms with E-state index in [1.165, 1.54) is 17.5 Å². The molecule has 1 fully saturated rings. The lowest BCUT2D eigenvalue weighted by Gasteiger charge is -2.30. The van der Waals surface area contributed by atoms with Crippen LogP contribution >= 0.6 is 0 Å². The van der Waals surface area contributed by atoms with Crippen molar-refractivity contribution in [2.24, 2.45) is 5.73 Å². The molecule has 15 heavy (non-hydrogen) atoms. The van der Waals surface area contributed by atoms with Crippen LogP contribution in [0.25, 0.3) is 0 Å². The van der Waals surface area contributed by atoms with E-state index in [1.807, 2.05) is 6.07 Å². The topological polar surface area (TPSA) is 26.0 Å². The van der Waals surface area contributed by atoms with Crippen LogP contribution in [-0.4, -0.2) is 5.54 Å². The fourth-order valence-electron chi connectivity index (χ4n) is 2.86. The average Bonchev–Trinajstić information content (AvgIpc) is 2.96. The Morgan fingerprint density at radius 1 is 1.33 bits per heavy atom. The number of nitrogens with two attached hydrogens (primary N) is 1. The number of aryl methyl sites for hydroxylation is 1. The van der Waals surface area contributed by atoms with Gasteiger partial charge < -0.3 is 5.73 Å². The number of benzene rings is 1. The quantitative estimate of drug-likeness (QED) is 0.749. The monoisotopic (exact) mass is 205 g/mol. The number of rotatable bonds is 1. The van der Waals surface area contributed by atoms with Crippen molar-refractivity contribution in [3.8, 4) is 0 Å². The first-order valence-corrected chi connectivity index (χ1v) is 5.76. The lowest BCUT2D eigenvalue weighted by Crippen LogP contribution is -2.33. The van der Waals surface area contributed by atoms with Gasteiger partial charge in [-0.2, -0.15) is 0 Å². The summed E-state index contributed by atoms with van der Waals surface area (Å²) in [4.78, 5) is 0. The maximum Gasteiger partial charge on any atom is 0.123 e. The van der Waals surface area contributed by atoms with E-state index in [1.54, 1.807) is 12.1 Å². The van der Waals surface area contributed by atoms with Gasteiger partial charge in [0.05, 0.1) is 0 Å². The summed E-state index contributed by atoms with van der Waals surface area (Å²) in [7, 11) is 0. The number of fused-ring (bicyclic) bond motifs is 1. The Kier molecular flexibility index (Phi) is 1.90. The van der Waals surface area contributed by atoms with Gasteiger partial charge >= 0.3 is 0 Å². The summed E-state index contributed by atoms with van der Waals surface area (Å²) in [6.45, 7) is 0. The van der Waals surface area contributed by atoms with Crippen LogP contribution in [0, 0.1) is 5.82 Å². The fraction of sp³-hybridized carbons (Fsp3) is 0.538. The van der Waals surface area contributed by atoms with E-state index in [-0.39, 0.29) is 11.4 Å². The Labute approximate surface area is 89.5 Å². The van der Waals surface area contributed by atoms with Crippen molar-refractivity contribution in [1.82, 2.24) is 0 Å². The van der Waals surface area contributed by atoms with E-state index in [9.17, 15) is 4.39 Å². The standard InChI is InChI=1S/C13H16FN/c14-10-5-4-9-2-1-3-12(11(9)8-10)13(15)6-7-13/h4-5,8,12H,1-3,6-7,15H2. The van der Waals surface area contributed by atoms with Gasteiger partial charge in [-0.1, -0.05) is 6.07 Å². The molecule has 2 heteroatoms. The van der Waals surface area contributed by atoms with Crippen LogP contribution in [0.5, 0.6) is 0 Å². The van der Waals surface area contributed by atoms with E-state index in [4.69, 9.17) is 5.73 Å². The molecule has 0 spiro atoms. The van der Waals surface area contributed by atoms with E-state index >= 15 is 0 Å². The van der Waals surface area contributed by atoms with Crippen LogP contribution in [-0.2, 0) is 6.42 Å². The predicted octanol–water partition coefficient (Wildman–Crippen LogP) is 2.74. The van der Waals surface area contributed by atoms with Gasteiger partial charge in [0, 0.05) is 11.5 Å². The highest BCUT2D eigenvalue weighted by Gasteiger charge is 2.47. The fourth-order valence-corrected chi connectivity index (χ4v) is 2.86. The Bertz CT molecular complexity index is 396. The normalized spacial score (nSPS) is 27.2. The molecule has 0 amide bonds. The Morgan fingerprint density at radius 2 is 2.13 bits per heavy atom. The summed E-state index contributed by atoms with van der Waals surface area (Å²) in [5, 5.41) is 0. The van der Waals surface area contributed by atoms with E-state index in [0.29, 0.717) is 5.92 Å². The summed E-state index contributed by atoms with van der Waals surface area (Å²) in [6.07, 6.45) is 5.62. The molecule has 2 aliphatic carbocycles. The molecule has 80 valence electrons. The molecule has 1 unspecified atom stereocenters. The molecule has 1 aromatic carbocycles. The first kappa shape index (κ1) is 9.34. The van der Waals surface area contributed by atoms with E-state index in [2.05, 4.69) is 0 Å². The second-order valence-electron chi connectivity index (χ2n) is 5.02. The summed E-state index contributed by atoms with van der Waals surface area (Å²) in [5.74, 6) is 0.279. The SMILES string of the molecule is NC1(C2CCCc3ccc(F)cc32)CC1.